The van der Waals surface area contributed by atoms with Gasteiger partial charge in [-0.15, -0.1) is 0 Å². The van der Waals surface area contributed by atoms with Crippen molar-refractivity contribution in [1.82, 2.24) is 9.88 Å². The molecule has 0 radical (unpaired) electrons. The fraction of sp³-hybridized carbons (Fsp3) is 0.625. The maximum atomic E-state index is 12.5. The van der Waals surface area contributed by atoms with Gasteiger partial charge in [0.05, 0.1) is 0 Å². The Morgan fingerprint density at radius 1 is 1.35 bits per heavy atom. The Morgan fingerprint density at radius 3 is 2.61 bits per heavy atom. The molecule has 7 heteroatoms. The number of hydrogen-bond acceptors (Lipinski definition) is 3. The second-order valence-electron chi connectivity index (χ2n) is 5.88. The lowest BCUT2D eigenvalue weighted by atomic mass is 9.90. The van der Waals surface area contributed by atoms with E-state index in [1.807, 2.05) is 18.2 Å². The highest BCUT2D eigenvalue weighted by atomic mass is 19.4. The number of rotatable bonds is 5. The van der Waals surface area contributed by atoms with Gasteiger partial charge in [-0.2, -0.15) is 13.2 Å². The topological polar surface area (TPSA) is 53.4 Å². The van der Waals surface area contributed by atoms with Crippen LogP contribution >= 0.6 is 0 Å². The molecule has 1 N–H and O–H groups in total. The number of halogens is 3. The summed E-state index contributed by atoms with van der Waals surface area (Å²) in [5.74, 6) is -0.853. The molecule has 2 rings (SSSR count). The number of aromatic nitrogens is 1. The van der Waals surface area contributed by atoms with Crippen LogP contribution < -0.4 is 0 Å². The first-order valence-electron chi connectivity index (χ1n) is 7.80. The molecule has 1 fully saturated rings. The summed E-state index contributed by atoms with van der Waals surface area (Å²) in [6.07, 6.45) is -3.06. The fourth-order valence-corrected chi connectivity index (χ4v) is 2.86. The Hall–Kier alpha value is -1.63. The molecule has 0 saturated carbocycles. The molecule has 128 valence electrons. The van der Waals surface area contributed by atoms with E-state index in [9.17, 15) is 23.1 Å². The first kappa shape index (κ1) is 17.7. The molecule has 1 aromatic rings. The molecule has 2 heterocycles. The smallest absolute Gasteiger partial charge is 0.383 e. The largest absolute Gasteiger partial charge is 0.414 e. The predicted octanol–water partition coefficient (Wildman–Crippen LogP) is 2.57. The van der Waals surface area contributed by atoms with Crippen molar-refractivity contribution in [3.63, 3.8) is 0 Å². The maximum Gasteiger partial charge on any atom is 0.414 e. The molecular formula is C16H21F3N2O2. The van der Waals surface area contributed by atoms with Gasteiger partial charge in [0.2, 0.25) is 5.91 Å². The lowest BCUT2D eigenvalue weighted by Crippen LogP contribution is -2.45. The Bertz CT molecular complexity index is 500. The van der Waals surface area contributed by atoms with E-state index in [-0.39, 0.29) is 31.8 Å². The zero-order chi connectivity index (χ0) is 16.9. The number of hydrogen-bond donors (Lipinski definition) is 1. The third-order valence-corrected chi connectivity index (χ3v) is 4.22. The Balaban J connectivity index is 1.71. The molecule has 0 aromatic carbocycles. The van der Waals surface area contributed by atoms with Crippen molar-refractivity contribution >= 4 is 5.91 Å². The van der Waals surface area contributed by atoms with Crippen molar-refractivity contribution in [1.29, 1.82) is 0 Å². The Morgan fingerprint density at radius 2 is 2.04 bits per heavy atom. The van der Waals surface area contributed by atoms with Gasteiger partial charge in [0, 0.05) is 31.4 Å². The van der Waals surface area contributed by atoms with Crippen molar-refractivity contribution < 1.29 is 23.1 Å². The summed E-state index contributed by atoms with van der Waals surface area (Å²) in [6, 6.07) is 5.61. The quantitative estimate of drug-likeness (QED) is 0.903. The van der Waals surface area contributed by atoms with Gasteiger partial charge in [0.15, 0.2) is 6.10 Å². The van der Waals surface area contributed by atoms with Gasteiger partial charge in [-0.25, -0.2) is 0 Å². The van der Waals surface area contributed by atoms with Crippen LogP contribution in [0.1, 0.15) is 31.4 Å². The third-order valence-electron chi connectivity index (χ3n) is 4.22. The zero-order valence-electron chi connectivity index (χ0n) is 12.8. The van der Waals surface area contributed by atoms with Gasteiger partial charge < -0.3 is 10.0 Å². The first-order chi connectivity index (χ1) is 10.9. The number of carbonyl (C=O) groups is 1. The van der Waals surface area contributed by atoms with Crippen LogP contribution in [0.3, 0.4) is 0 Å². The van der Waals surface area contributed by atoms with Crippen molar-refractivity contribution in [3.8, 4) is 0 Å². The second-order valence-corrected chi connectivity index (χ2v) is 5.88. The molecule has 23 heavy (non-hydrogen) atoms. The normalized spacial score (nSPS) is 18.0. The van der Waals surface area contributed by atoms with Gasteiger partial charge in [-0.05, 0) is 43.7 Å². The molecule has 1 aliphatic rings. The average Bonchev–Trinajstić information content (AvgIpc) is 2.54. The minimum Gasteiger partial charge on any atom is -0.383 e. The number of aliphatic hydroxyl groups is 1. The van der Waals surface area contributed by atoms with Crippen LogP contribution in [0.2, 0.25) is 0 Å². The first-order valence-corrected chi connectivity index (χ1v) is 7.80. The van der Waals surface area contributed by atoms with E-state index in [1.54, 1.807) is 11.1 Å². The van der Waals surface area contributed by atoms with Crippen LogP contribution in [0.4, 0.5) is 13.2 Å². The summed E-state index contributed by atoms with van der Waals surface area (Å²) in [7, 11) is 0. The molecule has 4 nitrogen and oxygen atoms in total. The number of aryl methyl sites for hydroxylation is 1. The van der Waals surface area contributed by atoms with Crippen LogP contribution in [-0.4, -0.2) is 46.3 Å². The maximum absolute atomic E-state index is 12.5. The van der Waals surface area contributed by atoms with E-state index in [4.69, 9.17) is 0 Å². The highest BCUT2D eigenvalue weighted by Crippen LogP contribution is 2.31. The van der Waals surface area contributed by atoms with Gasteiger partial charge in [-0.1, -0.05) is 6.07 Å². The number of nitrogens with zero attached hydrogens (tertiary/aromatic N) is 2. The van der Waals surface area contributed by atoms with Crippen LogP contribution in [-0.2, 0) is 11.2 Å². The van der Waals surface area contributed by atoms with E-state index in [0.29, 0.717) is 19.3 Å². The molecule has 1 aliphatic heterocycles. The molecule has 1 amide bonds. The summed E-state index contributed by atoms with van der Waals surface area (Å²) in [4.78, 5) is 17.9. The molecule has 1 saturated heterocycles. The highest BCUT2D eigenvalue weighted by molar-refractivity contribution is 5.76. The summed E-state index contributed by atoms with van der Waals surface area (Å²) in [5, 5.41) is 9.27. The van der Waals surface area contributed by atoms with Crippen LogP contribution in [0.15, 0.2) is 24.4 Å². The monoisotopic (exact) mass is 330 g/mol. The molecule has 1 unspecified atom stereocenters. The number of amides is 1. The number of carbonyl (C=O) groups excluding carboxylic acids is 1. The second kappa shape index (κ2) is 7.77. The molecule has 1 atom stereocenters. The number of piperidine rings is 1. The SMILES string of the molecule is O=C(CCCc1ccccn1)N1CCC(C(O)C(F)(F)F)CC1. The third kappa shape index (κ3) is 5.20. The summed E-state index contributed by atoms with van der Waals surface area (Å²) in [6.45, 7) is 0.556. The van der Waals surface area contributed by atoms with E-state index < -0.39 is 18.2 Å². The zero-order valence-corrected chi connectivity index (χ0v) is 12.8. The Kier molecular flexibility index (Phi) is 5.98. The molecule has 1 aromatic heterocycles. The van der Waals surface area contributed by atoms with Crippen LogP contribution in [0.5, 0.6) is 0 Å². The van der Waals surface area contributed by atoms with Crippen molar-refractivity contribution in [2.24, 2.45) is 5.92 Å². The minimum atomic E-state index is -4.58. The number of likely N-dealkylation sites (tertiary alicyclic amines) is 1. The highest BCUT2D eigenvalue weighted by Gasteiger charge is 2.44. The lowest BCUT2D eigenvalue weighted by molar-refractivity contribution is -0.222. The van der Waals surface area contributed by atoms with E-state index >= 15 is 0 Å². The molecule has 0 bridgehead atoms. The lowest BCUT2D eigenvalue weighted by Gasteiger charge is -2.34. The number of pyridine rings is 1. The van der Waals surface area contributed by atoms with Crippen LogP contribution in [0.25, 0.3) is 0 Å². The van der Waals surface area contributed by atoms with E-state index in [1.165, 1.54) is 0 Å². The molecule has 0 aliphatic carbocycles. The Labute approximate surface area is 133 Å². The van der Waals surface area contributed by atoms with Gasteiger partial charge in [-0.3, -0.25) is 9.78 Å². The van der Waals surface area contributed by atoms with Gasteiger partial charge in [0.25, 0.3) is 0 Å². The van der Waals surface area contributed by atoms with Crippen LogP contribution in [0, 0.1) is 5.92 Å². The van der Waals surface area contributed by atoms with Crippen molar-refractivity contribution in [2.45, 2.75) is 44.4 Å². The number of aliphatic hydroxyl groups excluding tert-OH is 1. The standard InChI is InChI=1S/C16H21F3N2O2/c17-16(18,19)15(23)12-7-10-21(11-8-12)14(22)6-3-5-13-4-1-2-9-20-13/h1-2,4,9,12,15,23H,3,5-8,10-11H2. The number of alkyl halides is 3. The fourth-order valence-electron chi connectivity index (χ4n) is 2.86. The van der Waals surface area contributed by atoms with Crippen molar-refractivity contribution in [2.75, 3.05) is 13.1 Å². The summed E-state index contributed by atoms with van der Waals surface area (Å²) < 4.78 is 37.4. The van der Waals surface area contributed by atoms with Gasteiger partial charge >= 0.3 is 6.18 Å². The summed E-state index contributed by atoms with van der Waals surface area (Å²) >= 11 is 0. The molecule has 0 spiro atoms. The minimum absolute atomic E-state index is 0.0409. The van der Waals surface area contributed by atoms with Crippen molar-refractivity contribution in [3.05, 3.63) is 30.1 Å². The predicted molar refractivity (Wildman–Crippen MR) is 78.5 cm³/mol. The molecular weight excluding hydrogens is 309 g/mol. The summed E-state index contributed by atoms with van der Waals surface area (Å²) in [5.41, 5.74) is 0.923. The van der Waals surface area contributed by atoms with Gasteiger partial charge in [0.1, 0.15) is 0 Å². The average molecular weight is 330 g/mol. The van der Waals surface area contributed by atoms with E-state index in [0.717, 1.165) is 5.69 Å². The van der Waals surface area contributed by atoms with E-state index in [2.05, 4.69) is 4.98 Å².